The number of cyclic esters (lactones) is 1. The molecule has 8 heteroatoms. The van der Waals surface area contributed by atoms with Crippen LogP contribution < -0.4 is 10.6 Å². The molecule has 0 spiro atoms. The van der Waals surface area contributed by atoms with Crippen LogP contribution >= 0.6 is 0 Å². The molecule has 46 heavy (non-hydrogen) atoms. The van der Waals surface area contributed by atoms with Crippen LogP contribution in [0.1, 0.15) is 81.8 Å². The Labute approximate surface area is 271 Å². The van der Waals surface area contributed by atoms with Gasteiger partial charge >= 0.3 is 5.97 Å². The normalized spacial score (nSPS) is 17.8. The van der Waals surface area contributed by atoms with E-state index in [1.807, 2.05) is 119 Å². The summed E-state index contributed by atoms with van der Waals surface area (Å²) in [6, 6.07) is 26.2. The van der Waals surface area contributed by atoms with Crippen LogP contribution in [0.2, 0.25) is 0 Å². The molecule has 0 saturated carbocycles. The van der Waals surface area contributed by atoms with Crippen LogP contribution in [0.5, 0.6) is 0 Å². The maximum absolute atomic E-state index is 13.9. The van der Waals surface area contributed by atoms with E-state index in [1.165, 1.54) is 0 Å². The Bertz CT molecular complexity index is 1580. The first-order valence-corrected chi connectivity index (χ1v) is 15.6. The van der Waals surface area contributed by atoms with Gasteiger partial charge in [0.25, 0.3) is 0 Å². The van der Waals surface area contributed by atoms with Gasteiger partial charge in [0.1, 0.15) is 6.04 Å². The quantitative estimate of drug-likeness (QED) is 0.244. The van der Waals surface area contributed by atoms with Crippen molar-refractivity contribution in [2.24, 2.45) is 11.3 Å². The molecule has 2 N–H and O–H groups in total. The Morgan fingerprint density at radius 2 is 1.54 bits per heavy atom. The van der Waals surface area contributed by atoms with Crippen LogP contribution in [0.4, 0.5) is 0 Å². The second-order valence-electron chi connectivity index (χ2n) is 13.3. The highest BCUT2D eigenvalue weighted by Crippen LogP contribution is 2.31. The van der Waals surface area contributed by atoms with Crippen molar-refractivity contribution in [2.45, 2.75) is 78.4 Å². The molecule has 1 fully saturated rings. The van der Waals surface area contributed by atoms with E-state index < -0.39 is 41.1 Å². The topological polar surface area (TPSA) is 118 Å². The van der Waals surface area contributed by atoms with E-state index in [1.54, 1.807) is 13.8 Å². The molecule has 2 amide bonds. The van der Waals surface area contributed by atoms with Crippen LogP contribution in [-0.2, 0) is 30.3 Å². The van der Waals surface area contributed by atoms with Crippen molar-refractivity contribution in [1.82, 2.24) is 10.6 Å². The Morgan fingerprint density at radius 3 is 2.09 bits per heavy atom. The fraction of sp³-hybridized carbons (Fsp3) is 0.368. The number of amides is 2. The molecule has 1 heterocycles. The first-order chi connectivity index (χ1) is 21.8. The Kier molecular flexibility index (Phi) is 10.8. The average molecular weight is 622 g/mol. The maximum Gasteiger partial charge on any atom is 0.338 e. The van der Waals surface area contributed by atoms with Crippen LogP contribution in [0, 0.1) is 22.7 Å². The first kappa shape index (κ1) is 34.1. The summed E-state index contributed by atoms with van der Waals surface area (Å²) in [5, 5.41) is 15.0. The summed E-state index contributed by atoms with van der Waals surface area (Å²) < 4.78 is 11.3. The number of nitriles is 1. The highest BCUT2D eigenvalue weighted by molar-refractivity contribution is 5.92. The van der Waals surface area contributed by atoms with Gasteiger partial charge in [-0.2, -0.15) is 5.26 Å². The highest BCUT2D eigenvalue weighted by Gasteiger charge is 2.48. The molecule has 0 bridgehead atoms. The summed E-state index contributed by atoms with van der Waals surface area (Å²) in [5.74, 6) is -3.49. The minimum Gasteiger partial charge on any atom is -0.432 e. The second-order valence-corrected chi connectivity index (χ2v) is 13.3. The van der Waals surface area contributed by atoms with Crippen molar-refractivity contribution in [3.63, 3.8) is 0 Å². The summed E-state index contributed by atoms with van der Waals surface area (Å²) >= 11 is 0. The van der Waals surface area contributed by atoms with Gasteiger partial charge in [0.2, 0.25) is 17.6 Å². The molecule has 1 aliphatic heterocycles. The second kappa shape index (κ2) is 14.6. The first-order valence-electron chi connectivity index (χ1n) is 15.6. The number of nitrogens with one attached hydrogen (secondary N) is 2. The fourth-order valence-electron chi connectivity index (χ4n) is 5.37. The maximum atomic E-state index is 13.9. The van der Waals surface area contributed by atoms with Crippen molar-refractivity contribution < 1.29 is 23.9 Å². The monoisotopic (exact) mass is 621 g/mol. The van der Waals surface area contributed by atoms with Gasteiger partial charge < -0.3 is 20.1 Å². The summed E-state index contributed by atoms with van der Waals surface area (Å²) in [6.45, 7) is 10.8. The smallest absolute Gasteiger partial charge is 0.338 e. The van der Waals surface area contributed by atoms with Crippen molar-refractivity contribution >= 4 is 23.9 Å². The van der Waals surface area contributed by atoms with Gasteiger partial charge in [0, 0.05) is 13.8 Å². The van der Waals surface area contributed by atoms with Crippen molar-refractivity contribution in [2.75, 3.05) is 0 Å². The molecule has 0 aromatic heterocycles. The van der Waals surface area contributed by atoms with Crippen LogP contribution in [0.3, 0.4) is 0 Å². The summed E-state index contributed by atoms with van der Waals surface area (Å²) in [4.78, 5) is 40.3. The van der Waals surface area contributed by atoms with E-state index in [4.69, 9.17) is 14.7 Å². The molecule has 1 aliphatic rings. The fourth-order valence-corrected chi connectivity index (χ4v) is 5.37. The predicted molar refractivity (Wildman–Crippen MR) is 177 cm³/mol. The largest absolute Gasteiger partial charge is 0.432 e. The predicted octanol–water partition coefficient (Wildman–Crippen LogP) is 6.25. The standard InChI is InChI=1S/C38H43N3O5/c1-25(30-12-8-7-9-13-30)40-35(43)33(37(2,3)4)41-34(42)31(32-36(44)46-38(5,6)45-32)14-10-11-26-15-17-27(18-16-26)23-28-19-21-29(24-39)22-20-28/h7-13,15-22,25,31-33H,14,23H2,1-6H3,(H,40,43)(H,41,42)/b11-10+/t25-,31-,32+,33-/m1/s1. The number of ether oxygens (including phenoxy) is 2. The van der Waals surface area contributed by atoms with E-state index >= 15 is 0 Å². The van der Waals surface area contributed by atoms with Crippen LogP contribution in [0.15, 0.2) is 84.9 Å². The number of esters is 1. The number of allylic oxidation sites excluding steroid dienone is 1. The number of carbonyl (C=O) groups is 3. The number of hydrogen-bond donors (Lipinski definition) is 2. The summed E-state index contributed by atoms with van der Waals surface area (Å²) in [7, 11) is 0. The van der Waals surface area contributed by atoms with Gasteiger partial charge in [-0.05, 0) is 59.6 Å². The zero-order valence-electron chi connectivity index (χ0n) is 27.4. The third kappa shape index (κ3) is 9.15. The van der Waals surface area contributed by atoms with E-state index in [0.717, 1.165) is 28.7 Å². The van der Waals surface area contributed by atoms with Gasteiger partial charge in [-0.25, -0.2) is 4.79 Å². The molecule has 3 aromatic rings. The lowest BCUT2D eigenvalue weighted by molar-refractivity contribution is -0.162. The van der Waals surface area contributed by atoms with Crippen LogP contribution in [0.25, 0.3) is 6.08 Å². The van der Waals surface area contributed by atoms with E-state index in [0.29, 0.717) is 5.56 Å². The van der Waals surface area contributed by atoms with Gasteiger partial charge in [-0.1, -0.05) is 99.7 Å². The Hall–Kier alpha value is -4.74. The van der Waals surface area contributed by atoms with Gasteiger partial charge in [0.15, 0.2) is 6.10 Å². The zero-order valence-corrected chi connectivity index (χ0v) is 27.4. The molecule has 4 atom stereocenters. The van der Waals surface area contributed by atoms with E-state index in [-0.39, 0.29) is 18.4 Å². The van der Waals surface area contributed by atoms with Gasteiger partial charge in [0.05, 0.1) is 23.6 Å². The third-order valence-corrected chi connectivity index (χ3v) is 7.94. The number of hydrogen-bond acceptors (Lipinski definition) is 6. The van der Waals surface area contributed by atoms with E-state index in [2.05, 4.69) is 16.7 Å². The molecule has 3 aromatic carbocycles. The molecule has 8 nitrogen and oxygen atoms in total. The highest BCUT2D eigenvalue weighted by atomic mass is 16.8. The minimum absolute atomic E-state index is 0.188. The third-order valence-electron chi connectivity index (χ3n) is 7.94. The van der Waals surface area contributed by atoms with Crippen molar-refractivity contribution in [3.05, 3.63) is 113 Å². The number of benzene rings is 3. The molecule has 0 unspecified atom stereocenters. The van der Waals surface area contributed by atoms with Gasteiger partial charge in [-0.3, -0.25) is 9.59 Å². The molecule has 240 valence electrons. The lowest BCUT2D eigenvalue weighted by Crippen LogP contribution is -2.56. The van der Waals surface area contributed by atoms with Crippen molar-refractivity contribution in [1.29, 1.82) is 5.26 Å². The number of nitrogens with zero attached hydrogens (tertiary/aromatic N) is 1. The Balaban J connectivity index is 1.48. The number of carbonyl (C=O) groups excluding carboxylic acids is 3. The molecule has 1 saturated heterocycles. The molecular weight excluding hydrogens is 578 g/mol. The minimum atomic E-state index is -1.17. The lowest BCUT2D eigenvalue weighted by atomic mass is 9.85. The van der Waals surface area contributed by atoms with Crippen LogP contribution in [-0.4, -0.2) is 35.7 Å². The zero-order chi connectivity index (χ0) is 33.5. The molecular formula is C38H43N3O5. The lowest BCUT2D eigenvalue weighted by Gasteiger charge is -2.33. The summed E-state index contributed by atoms with van der Waals surface area (Å²) in [6.07, 6.45) is 3.54. The number of rotatable bonds is 11. The average Bonchev–Trinajstić information content (AvgIpc) is 3.30. The molecule has 4 rings (SSSR count). The Morgan fingerprint density at radius 1 is 0.935 bits per heavy atom. The van der Waals surface area contributed by atoms with Gasteiger partial charge in [-0.15, -0.1) is 0 Å². The van der Waals surface area contributed by atoms with Crippen molar-refractivity contribution in [3.8, 4) is 6.07 Å². The molecule has 0 radical (unpaired) electrons. The SMILES string of the molecule is C[C@@H](NC(=O)[C@@H](NC(=O)[C@H](C/C=C/c1ccc(Cc2ccc(C#N)cc2)cc1)[C@@H]1OC(C)(C)OC1=O)C(C)(C)C)c1ccccc1. The molecule has 0 aliphatic carbocycles. The summed E-state index contributed by atoms with van der Waals surface area (Å²) in [5.41, 5.74) is 4.12. The van der Waals surface area contributed by atoms with E-state index in [9.17, 15) is 14.4 Å².